The molecule has 1 heterocycles. The molecule has 0 radical (unpaired) electrons. The first kappa shape index (κ1) is 6.47. The molecule has 10 heavy (non-hydrogen) atoms. The summed E-state index contributed by atoms with van der Waals surface area (Å²) in [6.07, 6.45) is 3.14. The Morgan fingerprint density at radius 2 is 2.00 bits per heavy atom. The lowest BCUT2D eigenvalue weighted by Gasteiger charge is -1.92. The molecule has 0 aliphatic heterocycles. The van der Waals surface area contributed by atoms with E-state index in [0.29, 0.717) is 5.82 Å². The number of hydrazone groups is 1. The standard InChI is InChI=1S/C5H7N5/c6-4(10-7)5-8-2-1-3-9-5/h1-3H,7H2,(H2,6,10). The second-order valence-electron chi connectivity index (χ2n) is 1.59. The summed E-state index contributed by atoms with van der Waals surface area (Å²) in [5, 5.41) is 3.23. The summed E-state index contributed by atoms with van der Waals surface area (Å²) in [5.41, 5.74) is 5.29. The quantitative estimate of drug-likeness (QED) is 0.226. The van der Waals surface area contributed by atoms with Crippen molar-refractivity contribution in [3.8, 4) is 0 Å². The number of amidine groups is 1. The SMILES string of the molecule is NN=C(N)c1ncccn1. The van der Waals surface area contributed by atoms with Crippen molar-refractivity contribution in [2.75, 3.05) is 0 Å². The average molecular weight is 137 g/mol. The predicted octanol–water partition coefficient (Wildman–Crippen LogP) is -0.944. The van der Waals surface area contributed by atoms with Crippen molar-refractivity contribution in [2.24, 2.45) is 16.7 Å². The summed E-state index contributed by atoms with van der Waals surface area (Å²) < 4.78 is 0. The van der Waals surface area contributed by atoms with E-state index in [0.717, 1.165) is 0 Å². The Hall–Kier alpha value is -1.65. The number of hydrogen-bond donors (Lipinski definition) is 2. The molecule has 52 valence electrons. The Balaban J connectivity index is 2.96. The van der Waals surface area contributed by atoms with Gasteiger partial charge in [-0.15, -0.1) is 0 Å². The summed E-state index contributed by atoms with van der Waals surface area (Å²) in [4.78, 5) is 7.61. The average Bonchev–Trinajstić information content (AvgIpc) is 2.05. The maximum atomic E-state index is 5.29. The Morgan fingerprint density at radius 1 is 1.40 bits per heavy atom. The third kappa shape index (κ3) is 1.19. The van der Waals surface area contributed by atoms with Gasteiger partial charge in [0.05, 0.1) is 0 Å². The van der Waals surface area contributed by atoms with E-state index >= 15 is 0 Å². The lowest BCUT2D eigenvalue weighted by atomic mass is 10.5. The van der Waals surface area contributed by atoms with Crippen molar-refractivity contribution in [3.05, 3.63) is 24.3 Å². The molecule has 0 unspecified atom stereocenters. The van der Waals surface area contributed by atoms with E-state index in [1.54, 1.807) is 18.5 Å². The monoisotopic (exact) mass is 137 g/mol. The van der Waals surface area contributed by atoms with Crippen LogP contribution in [0.25, 0.3) is 0 Å². The largest absolute Gasteiger partial charge is 0.379 e. The Labute approximate surface area is 57.8 Å². The van der Waals surface area contributed by atoms with Crippen molar-refractivity contribution in [1.29, 1.82) is 0 Å². The first-order valence-electron chi connectivity index (χ1n) is 2.65. The van der Waals surface area contributed by atoms with Crippen LogP contribution < -0.4 is 11.6 Å². The van der Waals surface area contributed by atoms with E-state index in [1.807, 2.05) is 0 Å². The Morgan fingerprint density at radius 3 is 2.50 bits per heavy atom. The summed E-state index contributed by atoms with van der Waals surface area (Å²) in [7, 11) is 0. The predicted molar refractivity (Wildman–Crippen MR) is 36.9 cm³/mol. The minimum absolute atomic E-state index is 0.139. The second-order valence-corrected chi connectivity index (χ2v) is 1.59. The molecule has 4 N–H and O–H groups in total. The van der Waals surface area contributed by atoms with Gasteiger partial charge in [-0.2, -0.15) is 5.10 Å². The molecule has 1 aromatic rings. The van der Waals surface area contributed by atoms with Gasteiger partial charge >= 0.3 is 0 Å². The highest BCUT2D eigenvalue weighted by molar-refractivity contribution is 5.93. The molecule has 0 saturated heterocycles. The molecule has 1 rings (SSSR count). The third-order valence-corrected chi connectivity index (χ3v) is 0.934. The van der Waals surface area contributed by atoms with Gasteiger partial charge in [-0.25, -0.2) is 9.97 Å². The summed E-state index contributed by atoms with van der Waals surface area (Å²) >= 11 is 0. The zero-order chi connectivity index (χ0) is 7.40. The molecular weight excluding hydrogens is 130 g/mol. The molecule has 0 atom stereocenters. The Kier molecular flexibility index (Phi) is 1.79. The fraction of sp³-hybridized carbons (Fsp3) is 0. The maximum absolute atomic E-state index is 5.29. The highest BCUT2D eigenvalue weighted by Gasteiger charge is 1.96. The van der Waals surface area contributed by atoms with Crippen molar-refractivity contribution in [2.45, 2.75) is 0 Å². The zero-order valence-corrected chi connectivity index (χ0v) is 5.23. The highest BCUT2D eigenvalue weighted by atomic mass is 15.2. The maximum Gasteiger partial charge on any atom is 0.196 e. The van der Waals surface area contributed by atoms with Crippen molar-refractivity contribution < 1.29 is 0 Å². The second kappa shape index (κ2) is 2.77. The number of hydrogen-bond acceptors (Lipinski definition) is 4. The molecule has 0 amide bonds. The molecule has 1 aromatic heterocycles. The number of rotatable bonds is 1. The molecular formula is C5H7N5. The molecule has 5 heteroatoms. The van der Waals surface area contributed by atoms with Gasteiger partial charge in [0, 0.05) is 12.4 Å². The van der Waals surface area contributed by atoms with E-state index in [1.165, 1.54) is 0 Å². The van der Waals surface area contributed by atoms with E-state index in [2.05, 4.69) is 15.1 Å². The minimum atomic E-state index is 0.139. The minimum Gasteiger partial charge on any atom is -0.379 e. The molecule has 0 spiro atoms. The molecule has 0 aromatic carbocycles. The number of aromatic nitrogens is 2. The van der Waals surface area contributed by atoms with Gasteiger partial charge in [0.25, 0.3) is 0 Å². The van der Waals surface area contributed by atoms with Gasteiger partial charge in [0.1, 0.15) is 0 Å². The van der Waals surface area contributed by atoms with Crippen molar-refractivity contribution in [1.82, 2.24) is 9.97 Å². The van der Waals surface area contributed by atoms with Gasteiger partial charge < -0.3 is 11.6 Å². The van der Waals surface area contributed by atoms with Gasteiger partial charge in [-0.3, -0.25) is 0 Å². The Bertz CT molecular complexity index is 229. The van der Waals surface area contributed by atoms with Crippen LogP contribution in [0, 0.1) is 0 Å². The smallest absolute Gasteiger partial charge is 0.196 e. The van der Waals surface area contributed by atoms with Crippen LogP contribution in [-0.4, -0.2) is 15.8 Å². The molecule has 5 nitrogen and oxygen atoms in total. The molecule has 0 aliphatic carbocycles. The van der Waals surface area contributed by atoms with Gasteiger partial charge in [-0.05, 0) is 6.07 Å². The van der Waals surface area contributed by atoms with E-state index in [-0.39, 0.29) is 5.84 Å². The van der Waals surface area contributed by atoms with Gasteiger partial charge in [0.2, 0.25) is 0 Å². The fourth-order valence-corrected chi connectivity index (χ4v) is 0.489. The van der Waals surface area contributed by atoms with E-state index in [4.69, 9.17) is 11.6 Å². The van der Waals surface area contributed by atoms with Gasteiger partial charge in [0.15, 0.2) is 11.7 Å². The normalized spacial score (nSPS) is 11.4. The zero-order valence-electron chi connectivity index (χ0n) is 5.23. The van der Waals surface area contributed by atoms with Crippen LogP contribution in [0.3, 0.4) is 0 Å². The molecule has 0 saturated carbocycles. The topological polar surface area (TPSA) is 90.2 Å². The van der Waals surface area contributed by atoms with E-state index < -0.39 is 0 Å². The molecule has 0 bridgehead atoms. The summed E-state index contributed by atoms with van der Waals surface area (Å²) in [5.74, 6) is 5.38. The van der Waals surface area contributed by atoms with Crippen LogP contribution in [0.1, 0.15) is 5.82 Å². The molecule has 0 fully saturated rings. The fourth-order valence-electron chi connectivity index (χ4n) is 0.489. The van der Waals surface area contributed by atoms with Gasteiger partial charge in [-0.1, -0.05) is 0 Å². The van der Waals surface area contributed by atoms with E-state index in [9.17, 15) is 0 Å². The lowest BCUT2D eigenvalue weighted by molar-refractivity contribution is 1.10. The summed E-state index contributed by atoms with van der Waals surface area (Å²) in [6.45, 7) is 0. The van der Waals surface area contributed by atoms with Crippen LogP contribution in [0.15, 0.2) is 23.6 Å². The first-order valence-corrected chi connectivity index (χ1v) is 2.65. The van der Waals surface area contributed by atoms with Crippen LogP contribution in [0.4, 0.5) is 0 Å². The summed E-state index contributed by atoms with van der Waals surface area (Å²) in [6, 6.07) is 1.69. The van der Waals surface area contributed by atoms with Crippen LogP contribution >= 0.6 is 0 Å². The van der Waals surface area contributed by atoms with Crippen LogP contribution in [0.5, 0.6) is 0 Å². The highest BCUT2D eigenvalue weighted by Crippen LogP contribution is 1.83. The first-order chi connectivity index (χ1) is 4.84. The van der Waals surface area contributed by atoms with Crippen molar-refractivity contribution >= 4 is 5.84 Å². The molecule has 0 aliphatic rings. The van der Waals surface area contributed by atoms with Crippen LogP contribution in [-0.2, 0) is 0 Å². The third-order valence-electron chi connectivity index (χ3n) is 0.934. The van der Waals surface area contributed by atoms with Crippen LogP contribution in [0.2, 0.25) is 0 Å². The number of nitrogens with zero attached hydrogens (tertiary/aromatic N) is 3. The lowest BCUT2D eigenvalue weighted by Crippen LogP contribution is -2.18. The number of nitrogens with two attached hydrogens (primary N) is 2. The van der Waals surface area contributed by atoms with Crippen molar-refractivity contribution in [3.63, 3.8) is 0 Å².